The highest BCUT2D eigenvalue weighted by molar-refractivity contribution is 7.90. The van der Waals surface area contributed by atoms with Gasteiger partial charge in [0.05, 0.1) is 38.6 Å². The van der Waals surface area contributed by atoms with Gasteiger partial charge in [-0.05, 0) is 95.2 Å². The quantitative estimate of drug-likeness (QED) is 0.168. The van der Waals surface area contributed by atoms with Gasteiger partial charge in [0.1, 0.15) is 0 Å². The topological polar surface area (TPSA) is 67.8 Å². The highest BCUT2D eigenvalue weighted by atomic mass is 32.2. The van der Waals surface area contributed by atoms with Gasteiger partial charge in [-0.1, -0.05) is 123 Å². The number of benzene rings is 8. The van der Waals surface area contributed by atoms with Crippen LogP contribution in [0.1, 0.15) is 26.3 Å². The third-order valence-electron chi connectivity index (χ3n) is 9.85. The zero-order chi connectivity index (χ0) is 40.1. The van der Waals surface area contributed by atoms with Crippen LogP contribution >= 0.6 is 0 Å². The Morgan fingerprint density at radius 2 is 1.04 bits per heavy atom. The molecule has 0 unspecified atom stereocenters. The van der Waals surface area contributed by atoms with Crippen LogP contribution in [0.25, 0.3) is 76.5 Å². The van der Waals surface area contributed by atoms with Crippen molar-refractivity contribution in [2.24, 2.45) is 0 Å². The van der Waals surface area contributed by atoms with Crippen molar-refractivity contribution in [2.75, 3.05) is 6.26 Å². The first-order valence-electron chi connectivity index (χ1n) is 19.0. The molecule has 0 spiro atoms. The van der Waals surface area contributed by atoms with Crippen LogP contribution in [0.5, 0.6) is 0 Å². The van der Waals surface area contributed by atoms with Crippen LogP contribution < -0.4 is 0 Å². The van der Waals surface area contributed by atoms with E-state index in [1.165, 1.54) is 101 Å². The van der Waals surface area contributed by atoms with Crippen molar-refractivity contribution in [3.63, 3.8) is 0 Å². The molecule has 0 aliphatic carbocycles. The van der Waals surface area contributed by atoms with E-state index in [1.807, 2.05) is 26.8 Å². The van der Waals surface area contributed by atoms with Crippen LogP contribution in [0, 0.1) is 11.3 Å². The van der Waals surface area contributed by atoms with E-state index in [9.17, 15) is 8.42 Å². The molecule has 0 bridgehead atoms. The lowest BCUT2D eigenvalue weighted by Gasteiger charge is -2.12. The van der Waals surface area contributed by atoms with Crippen LogP contribution in [0.3, 0.4) is 0 Å². The van der Waals surface area contributed by atoms with Gasteiger partial charge >= 0.3 is 0 Å². The summed E-state index contributed by atoms with van der Waals surface area (Å²) in [6.45, 7) is 9.25. The maximum atomic E-state index is 10.9. The third kappa shape index (κ3) is 7.17. The minimum Gasteiger partial charge on any atom is -0.307 e. The zero-order valence-electron chi connectivity index (χ0n) is 32.5. The molecule has 57 heavy (non-hydrogen) atoms. The van der Waals surface area contributed by atoms with E-state index in [0.717, 1.165) is 6.26 Å². The monoisotopic (exact) mass is 761 g/mol. The molecule has 0 aliphatic heterocycles. The zero-order valence-corrected chi connectivity index (χ0v) is 33.3. The molecule has 2 aromatic heterocycles. The van der Waals surface area contributed by atoms with Crippen molar-refractivity contribution in [3.8, 4) is 17.4 Å². The summed E-state index contributed by atoms with van der Waals surface area (Å²) in [6, 6.07) is 60.7. The Morgan fingerprint density at radius 3 is 1.61 bits per heavy atom. The summed E-state index contributed by atoms with van der Waals surface area (Å²) >= 11 is 0. The second kappa shape index (κ2) is 16.4. The Kier molecular flexibility index (Phi) is 11.0. The van der Waals surface area contributed by atoms with Gasteiger partial charge < -0.3 is 9.13 Å². The maximum absolute atomic E-state index is 10.9. The standard InChI is InChI=1S/C38H24N2.C8H7NO2S.C3H6.C2H6/c1-3-14-28(15-4-1)39-34-22-19-25-11-9-10-18-30(25)36(34)32-21-20-31-33-23-26-12-7-8-13-27(26)24-35(33)40(37(31)38(32)39)29-16-5-2-6-17-29;1-12(10,11)8-4-2-7(6-9)3-5-8;1-3-2;1-2/h1-24H;2-5H,1H3;3H,1H2,2H3;1-2H3. The minimum atomic E-state index is -3.14. The number of allylic oxidation sites excluding steroid dienone is 1. The highest BCUT2D eigenvalue weighted by Crippen LogP contribution is 2.44. The summed E-state index contributed by atoms with van der Waals surface area (Å²) in [5, 5.41) is 18.6. The predicted molar refractivity (Wildman–Crippen MR) is 242 cm³/mol. The lowest BCUT2D eigenvalue weighted by atomic mass is 10.0. The molecule has 2 heterocycles. The fourth-order valence-corrected chi connectivity index (χ4v) is 8.15. The van der Waals surface area contributed by atoms with Crippen molar-refractivity contribution in [1.82, 2.24) is 9.13 Å². The fourth-order valence-electron chi connectivity index (χ4n) is 7.52. The van der Waals surface area contributed by atoms with Gasteiger partial charge in [0.25, 0.3) is 0 Å². The molecular formula is C51H43N3O2S. The molecule has 0 radical (unpaired) electrons. The average molecular weight is 762 g/mol. The molecule has 5 nitrogen and oxygen atoms in total. The number of nitrogens with zero attached hydrogens (tertiary/aromatic N) is 3. The second-order valence-electron chi connectivity index (χ2n) is 13.4. The summed E-state index contributed by atoms with van der Waals surface area (Å²) in [5.74, 6) is 0. The van der Waals surface area contributed by atoms with E-state index in [-0.39, 0.29) is 4.90 Å². The first-order valence-corrected chi connectivity index (χ1v) is 20.9. The van der Waals surface area contributed by atoms with Crippen LogP contribution in [0.4, 0.5) is 0 Å². The van der Waals surface area contributed by atoms with Crippen molar-refractivity contribution in [1.29, 1.82) is 5.26 Å². The van der Waals surface area contributed by atoms with Crippen LogP contribution in [-0.2, 0) is 9.84 Å². The molecule has 0 saturated carbocycles. The van der Waals surface area contributed by atoms with Crippen molar-refractivity contribution in [3.05, 3.63) is 188 Å². The van der Waals surface area contributed by atoms with E-state index in [1.54, 1.807) is 6.08 Å². The van der Waals surface area contributed by atoms with Crippen LogP contribution in [-0.4, -0.2) is 23.8 Å². The van der Waals surface area contributed by atoms with Gasteiger partial charge in [-0.2, -0.15) is 5.26 Å². The summed E-state index contributed by atoms with van der Waals surface area (Å²) in [7, 11) is -3.14. The number of hydrogen-bond acceptors (Lipinski definition) is 3. The summed E-state index contributed by atoms with van der Waals surface area (Å²) in [4.78, 5) is 0.238. The molecule has 0 N–H and O–H groups in total. The number of fused-ring (bicyclic) bond motifs is 10. The maximum Gasteiger partial charge on any atom is 0.175 e. The normalized spacial score (nSPS) is 11.0. The van der Waals surface area contributed by atoms with E-state index in [0.29, 0.717) is 5.56 Å². The third-order valence-corrected chi connectivity index (χ3v) is 11.0. The largest absolute Gasteiger partial charge is 0.307 e. The predicted octanol–water partition coefficient (Wildman–Crippen LogP) is 13.4. The molecule has 0 aliphatic rings. The molecule has 0 fully saturated rings. The molecule has 10 rings (SSSR count). The van der Waals surface area contributed by atoms with Crippen molar-refractivity contribution < 1.29 is 8.42 Å². The summed E-state index contributed by atoms with van der Waals surface area (Å²) < 4.78 is 26.8. The van der Waals surface area contributed by atoms with E-state index in [4.69, 9.17) is 5.26 Å². The Balaban J connectivity index is 0.000000248. The highest BCUT2D eigenvalue weighted by Gasteiger charge is 2.22. The van der Waals surface area contributed by atoms with Crippen molar-refractivity contribution in [2.45, 2.75) is 25.7 Å². The summed E-state index contributed by atoms with van der Waals surface area (Å²) in [6.07, 6.45) is 2.88. The number of nitriles is 1. The number of para-hydroxylation sites is 2. The number of rotatable bonds is 3. The van der Waals surface area contributed by atoms with E-state index in [2.05, 4.69) is 161 Å². The number of hydrogen-bond donors (Lipinski definition) is 0. The minimum absolute atomic E-state index is 0.238. The van der Waals surface area contributed by atoms with Gasteiger partial charge in [-0.15, -0.1) is 6.58 Å². The van der Waals surface area contributed by atoms with E-state index >= 15 is 0 Å². The smallest absolute Gasteiger partial charge is 0.175 e. The lowest BCUT2D eigenvalue weighted by molar-refractivity contribution is 0.602. The Labute approximate surface area is 333 Å². The van der Waals surface area contributed by atoms with Gasteiger partial charge in [0.15, 0.2) is 9.84 Å². The van der Waals surface area contributed by atoms with Gasteiger partial charge in [0.2, 0.25) is 0 Å². The fraction of sp³-hybridized carbons (Fsp3) is 0.0784. The van der Waals surface area contributed by atoms with E-state index < -0.39 is 9.84 Å². The molecule has 10 aromatic rings. The average Bonchev–Trinajstić information content (AvgIpc) is 3.77. The van der Waals surface area contributed by atoms with Gasteiger partial charge in [-0.3, -0.25) is 0 Å². The first kappa shape index (κ1) is 38.3. The molecule has 0 saturated heterocycles. The Morgan fingerprint density at radius 1 is 0.544 bits per heavy atom. The lowest BCUT2D eigenvalue weighted by Crippen LogP contribution is -1.98. The Hall–Kier alpha value is -6.94. The van der Waals surface area contributed by atoms with Gasteiger partial charge in [0, 0.05) is 39.2 Å². The molecular weight excluding hydrogens is 719 g/mol. The molecule has 0 amide bonds. The number of aromatic nitrogens is 2. The number of sulfone groups is 1. The van der Waals surface area contributed by atoms with Crippen LogP contribution in [0.2, 0.25) is 0 Å². The first-order chi connectivity index (χ1) is 27.8. The van der Waals surface area contributed by atoms with Crippen molar-refractivity contribution >= 4 is 75.0 Å². The second-order valence-corrected chi connectivity index (χ2v) is 15.4. The molecule has 280 valence electrons. The SMILES string of the molecule is C=CC.CC.CS(=O)(=O)c1ccc(C#N)cc1.c1ccc(-n2c3cc4ccccc4cc3c3ccc4c5c6ccccc6ccc5n(-c5ccccc5)c4c32)cc1. The van der Waals surface area contributed by atoms with Gasteiger partial charge in [-0.25, -0.2) is 8.42 Å². The Bertz CT molecular complexity index is 3190. The van der Waals surface area contributed by atoms with Crippen LogP contribution in [0.15, 0.2) is 187 Å². The molecule has 8 aromatic carbocycles. The molecule has 6 heteroatoms. The molecule has 0 atom stereocenters. The summed E-state index contributed by atoms with van der Waals surface area (Å²) in [5.41, 5.74) is 7.71.